The molecule has 0 bridgehead atoms. The summed E-state index contributed by atoms with van der Waals surface area (Å²) in [4.78, 5) is 4.63. The van der Waals surface area contributed by atoms with Crippen LogP contribution in [0.5, 0.6) is 5.75 Å². The molecule has 0 unspecified atom stereocenters. The third kappa shape index (κ3) is 3.32. The highest BCUT2D eigenvalue weighted by molar-refractivity contribution is 5.98. The number of nitrogens with two attached hydrogens (primary N) is 1. The number of benzene rings is 2. The first-order chi connectivity index (χ1) is 12.0. The summed E-state index contributed by atoms with van der Waals surface area (Å²) >= 11 is 0. The van der Waals surface area contributed by atoms with Gasteiger partial charge in [0.2, 0.25) is 0 Å². The lowest BCUT2D eigenvalue weighted by atomic mass is 9.91. The van der Waals surface area contributed by atoms with Crippen LogP contribution >= 0.6 is 0 Å². The Balaban J connectivity index is 2.28. The Morgan fingerprint density at radius 2 is 1.72 bits per heavy atom. The number of hydrogen-bond acceptors (Lipinski definition) is 3. The summed E-state index contributed by atoms with van der Waals surface area (Å²) in [6, 6.07) is 12.2. The van der Waals surface area contributed by atoms with Crippen molar-refractivity contribution in [2.45, 2.75) is 46.5 Å². The number of unbranched alkanes of at least 4 members (excludes halogenated alkanes) is 2. The SMILES string of the molecule is CCCCCc1c(N)nc2ccccc2c1-c1cc(C)c(O)c(C)c1. The molecule has 0 aliphatic heterocycles. The van der Waals surface area contributed by atoms with Crippen LogP contribution in [-0.2, 0) is 6.42 Å². The Morgan fingerprint density at radius 1 is 1.04 bits per heavy atom. The molecule has 1 heterocycles. The molecule has 0 aliphatic rings. The van der Waals surface area contributed by atoms with E-state index in [1.807, 2.05) is 44.2 Å². The predicted octanol–water partition coefficient (Wildman–Crippen LogP) is 5.54. The number of nitrogen functional groups attached to an aromatic ring is 1. The number of aryl methyl sites for hydroxylation is 2. The van der Waals surface area contributed by atoms with Crippen LogP contribution in [-0.4, -0.2) is 10.1 Å². The summed E-state index contributed by atoms with van der Waals surface area (Å²) < 4.78 is 0. The Kier molecular flexibility index (Phi) is 4.93. The van der Waals surface area contributed by atoms with E-state index in [-0.39, 0.29) is 0 Å². The van der Waals surface area contributed by atoms with E-state index in [0.717, 1.165) is 51.6 Å². The maximum absolute atomic E-state index is 10.2. The van der Waals surface area contributed by atoms with Crippen molar-refractivity contribution in [2.24, 2.45) is 0 Å². The van der Waals surface area contributed by atoms with Crippen LogP contribution in [0.1, 0.15) is 42.9 Å². The number of pyridine rings is 1. The largest absolute Gasteiger partial charge is 0.507 e. The molecule has 3 nitrogen and oxygen atoms in total. The minimum Gasteiger partial charge on any atom is -0.507 e. The molecule has 3 rings (SSSR count). The number of fused-ring (bicyclic) bond motifs is 1. The standard InChI is InChI=1S/C22H26N2O/c1-4-5-6-10-18-20(16-12-14(2)21(25)15(3)13-16)17-9-7-8-11-19(17)24-22(18)23/h7-9,11-13,25H,4-6,10H2,1-3H3,(H2,23,24). The highest BCUT2D eigenvalue weighted by Crippen LogP contribution is 2.38. The normalized spacial score (nSPS) is 11.2. The quantitative estimate of drug-likeness (QED) is 0.602. The summed E-state index contributed by atoms with van der Waals surface area (Å²) in [6.45, 7) is 6.08. The second-order valence-electron chi connectivity index (χ2n) is 6.78. The van der Waals surface area contributed by atoms with Gasteiger partial charge in [0.15, 0.2) is 0 Å². The second kappa shape index (κ2) is 7.14. The van der Waals surface area contributed by atoms with Crippen molar-refractivity contribution in [3.05, 3.63) is 53.1 Å². The topological polar surface area (TPSA) is 59.1 Å². The summed E-state index contributed by atoms with van der Waals surface area (Å²) in [7, 11) is 0. The highest BCUT2D eigenvalue weighted by Gasteiger charge is 2.16. The van der Waals surface area contributed by atoms with Gasteiger partial charge in [-0.3, -0.25) is 0 Å². The molecule has 0 fully saturated rings. The Labute approximate surface area is 149 Å². The minimum atomic E-state index is 0.364. The molecule has 0 radical (unpaired) electrons. The van der Waals surface area contributed by atoms with Gasteiger partial charge in [-0.1, -0.05) is 38.0 Å². The van der Waals surface area contributed by atoms with E-state index in [4.69, 9.17) is 5.73 Å². The van der Waals surface area contributed by atoms with Crippen LogP contribution in [0.25, 0.3) is 22.0 Å². The van der Waals surface area contributed by atoms with Gasteiger partial charge in [0.05, 0.1) is 5.52 Å². The number of aromatic hydroxyl groups is 1. The van der Waals surface area contributed by atoms with Crippen molar-refractivity contribution < 1.29 is 5.11 Å². The molecule has 0 spiro atoms. The Morgan fingerprint density at radius 3 is 2.40 bits per heavy atom. The molecule has 130 valence electrons. The number of para-hydroxylation sites is 1. The number of nitrogens with zero attached hydrogens (tertiary/aromatic N) is 1. The number of hydrogen-bond donors (Lipinski definition) is 2. The van der Waals surface area contributed by atoms with E-state index in [1.165, 1.54) is 12.8 Å². The summed E-state index contributed by atoms with van der Waals surface area (Å²) in [5.41, 5.74) is 12.4. The maximum Gasteiger partial charge on any atom is 0.127 e. The van der Waals surface area contributed by atoms with E-state index in [1.54, 1.807) is 0 Å². The van der Waals surface area contributed by atoms with Crippen LogP contribution in [0.2, 0.25) is 0 Å². The van der Waals surface area contributed by atoms with Crippen LogP contribution in [0.4, 0.5) is 5.82 Å². The summed E-state index contributed by atoms with van der Waals surface area (Å²) in [6.07, 6.45) is 4.38. The lowest BCUT2D eigenvalue weighted by Crippen LogP contribution is -2.03. The van der Waals surface area contributed by atoms with Gasteiger partial charge in [-0.2, -0.15) is 0 Å². The summed E-state index contributed by atoms with van der Waals surface area (Å²) in [5.74, 6) is 0.982. The van der Waals surface area contributed by atoms with Crippen LogP contribution in [0.15, 0.2) is 36.4 Å². The predicted molar refractivity (Wildman–Crippen MR) is 106 cm³/mol. The first kappa shape index (κ1) is 17.3. The molecule has 0 saturated heterocycles. The number of aromatic nitrogens is 1. The van der Waals surface area contributed by atoms with Crippen molar-refractivity contribution >= 4 is 16.7 Å². The molecule has 2 aromatic carbocycles. The van der Waals surface area contributed by atoms with Gasteiger partial charge < -0.3 is 10.8 Å². The fourth-order valence-corrected chi connectivity index (χ4v) is 3.51. The second-order valence-corrected chi connectivity index (χ2v) is 6.78. The average Bonchev–Trinajstić information content (AvgIpc) is 2.59. The fourth-order valence-electron chi connectivity index (χ4n) is 3.51. The van der Waals surface area contributed by atoms with Gasteiger partial charge >= 0.3 is 0 Å². The smallest absolute Gasteiger partial charge is 0.127 e. The van der Waals surface area contributed by atoms with Gasteiger partial charge in [-0.15, -0.1) is 0 Å². The lowest BCUT2D eigenvalue weighted by molar-refractivity contribution is 0.467. The molecular weight excluding hydrogens is 308 g/mol. The molecule has 1 aromatic heterocycles. The van der Waals surface area contributed by atoms with E-state index >= 15 is 0 Å². The summed E-state index contributed by atoms with van der Waals surface area (Å²) in [5, 5.41) is 11.3. The lowest BCUT2D eigenvalue weighted by Gasteiger charge is -2.17. The molecular formula is C22H26N2O. The van der Waals surface area contributed by atoms with Crippen molar-refractivity contribution in [1.29, 1.82) is 0 Å². The molecule has 0 saturated carbocycles. The van der Waals surface area contributed by atoms with E-state index in [9.17, 15) is 5.11 Å². The molecule has 25 heavy (non-hydrogen) atoms. The van der Waals surface area contributed by atoms with Crippen molar-refractivity contribution in [1.82, 2.24) is 4.98 Å². The number of rotatable bonds is 5. The van der Waals surface area contributed by atoms with Crippen molar-refractivity contribution in [2.75, 3.05) is 5.73 Å². The van der Waals surface area contributed by atoms with E-state index in [2.05, 4.69) is 18.0 Å². The zero-order valence-corrected chi connectivity index (χ0v) is 15.3. The van der Waals surface area contributed by atoms with Crippen LogP contribution < -0.4 is 5.73 Å². The Bertz CT molecular complexity index is 892. The van der Waals surface area contributed by atoms with Crippen LogP contribution in [0.3, 0.4) is 0 Å². The van der Waals surface area contributed by atoms with Crippen LogP contribution in [0, 0.1) is 13.8 Å². The maximum atomic E-state index is 10.2. The van der Waals surface area contributed by atoms with Gasteiger partial charge in [0.1, 0.15) is 11.6 Å². The molecule has 0 aliphatic carbocycles. The van der Waals surface area contributed by atoms with E-state index in [0.29, 0.717) is 11.6 Å². The van der Waals surface area contributed by atoms with Gasteiger partial charge in [-0.25, -0.2) is 4.98 Å². The first-order valence-corrected chi connectivity index (χ1v) is 9.00. The fraction of sp³-hybridized carbons (Fsp3) is 0.318. The molecule has 3 heteroatoms. The van der Waals surface area contributed by atoms with Crippen molar-refractivity contribution in [3.8, 4) is 16.9 Å². The van der Waals surface area contributed by atoms with Gasteiger partial charge in [-0.05, 0) is 67.1 Å². The zero-order chi connectivity index (χ0) is 18.0. The Hall–Kier alpha value is -2.55. The first-order valence-electron chi connectivity index (χ1n) is 9.00. The average molecular weight is 334 g/mol. The minimum absolute atomic E-state index is 0.364. The van der Waals surface area contributed by atoms with E-state index < -0.39 is 0 Å². The molecule has 3 aromatic rings. The zero-order valence-electron chi connectivity index (χ0n) is 15.3. The highest BCUT2D eigenvalue weighted by atomic mass is 16.3. The van der Waals surface area contributed by atoms with Gasteiger partial charge in [0.25, 0.3) is 0 Å². The monoisotopic (exact) mass is 334 g/mol. The molecule has 0 amide bonds. The number of anilines is 1. The molecule has 0 atom stereocenters. The van der Waals surface area contributed by atoms with Gasteiger partial charge in [0, 0.05) is 10.9 Å². The number of phenolic OH excluding ortho intramolecular Hbond substituents is 1. The van der Waals surface area contributed by atoms with Crippen molar-refractivity contribution in [3.63, 3.8) is 0 Å². The third-order valence-corrected chi connectivity index (χ3v) is 4.84. The number of phenols is 1. The molecule has 3 N–H and O–H groups in total. The third-order valence-electron chi connectivity index (χ3n) is 4.84.